The topological polar surface area (TPSA) is 73.0 Å². The number of aryl methyl sites for hydroxylation is 1. The molecule has 1 fully saturated rings. The maximum absolute atomic E-state index is 13.4. The monoisotopic (exact) mass is 420 g/mol. The summed E-state index contributed by atoms with van der Waals surface area (Å²) in [5.74, 6) is -0.488. The first-order valence-corrected chi connectivity index (χ1v) is 10.7. The van der Waals surface area contributed by atoms with Gasteiger partial charge in [0.25, 0.3) is 5.91 Å². The molecule has 7 heteroatoms. The third-order valence-corrected chi connectivity index (χ3v) is 5.92. The Kier molecular flexibility index (Phi) is 5.67. The zero-order valence-corrected chi connectivity index (χ0v) is 18.2. The van der Waals surface area contributed by atoms with Crippen LogP contribution in [0.2, 0.25) is 0 Å². The second kappa shape index (κ2) is 8.41. The van der Waals surface area contributed by atoms with Gasteiger partial charge in [0.05, 0.1) is 11.4 Å². The van der Waals surface area contributed by atoms with Crippen molar-refractivity contribution in [3.05, 3.63) is 53.6 Å². The van der Waals surface area contributed by atoms with Gasteiger partial charge in [-0.1, -0.05) is 17.7 Å². The number of hydrogen-bond donors (Lipinski definition) is 1. The Morgan fingerprint density at radius 3 is 2.52 bits per heavy atom. The summed E-state index contributed by atoms with van der Waals surface area (Å²) in [5.41, 5.74) is 3.82. The summed E-state index contributed by atoms with van der Waals surface area (Å²) in [6.45, 7) is 2.69. The van der Waals surface area contributed by atoms with Crippen molar-refractivity contribution in [1.29, 1.82) is 0 Å². The van der Waals surface area contributed by atoms with E-state index in [1.54, 1.807) is 26.2 Å². The number of anilines is 3. The number of benzene rings is 2. The van der Waals surface area contributed by atoms with Crippen molar-refractivity contribution in [2.45, 2.75) is 32.2 Å². The van der Waals surface area contributed by atoms with E-state index in [1.807, 2.05) is 37.3 Å². The first-order chi connectivity index (χ1) is 14.8. The van der Waals surface area contributed by atoms with Crippen molar-refractivity contribution >= 4 is 34.8 Å². The Morgan fingerprint density at radius 1 is 1.06 bits per heavy atom. The number of amides is 3. The fourth-order valence-electron chi connectivity index (χ4n) is 4.29. The molecule has 0 aromatic heterocycles. The molecule has 7 nitrogen and oxygen atoms in total. The molecule has 31 heavy (non-hydrogen) atoms. The number of piperidine rings is 1. The van der Waals surface area contributed by atoms with Crippen LogP contribution in [0.4, 0.5) is 17.1 Å². The van der Waals surface area contributed by atoms with E-state index < -0.39 is 0 Å². The van der Waals surface area contributed by atoms with Gasteiger partial charge in [0, 0.05) is 31.9 Å². The van der Waals surface area contributed by atoms with Crippen LogP contribution < -0.4 is 15.1 Å². The highest BCUT2D eigenvalue weighted by atomic mass is 16.2. The molecule has 1 N–H and O–H groups in total. The van der Waals surface area contributed by atoms with Crippen molar-refractivity contribution < 1.29 is 14.4 Å². The smallest absolute Gasteiger partial charge is 0.253 e. The van der Waals surface area contributed by atoms with E-state index >= 15 is 0 Å². The molecule has 1 saturated heterocycles. The number of nitrogens with one attached hydrogen (secondary N) is 1. The van der Waals surface area contributed by atoms with Crippen LogP contribution in [0.3, 0.4) is 0 Å². The van der Waals surface area contributed by atoms with Crippen LogP contribution in [0.25, 0.3) is 0 Å². The molecule has 0 aliphatic carbocycles. The molecule has 2 aromatic carbocycles. The van der Waals surface area contributed by atoms with Gasteiger partial charge < -0.3 is 15.1 Å². The number of nitrogens with zero attached hydrogens (tertiary/aromatic N) is 3. The van der Waals surface area contributed by atoms with Crippen LogP contribution in [0.5, 0.6) is 0 Å². The minimum Gasteiger partial charge on any atom is -0.358 e. The van der Waals surface area contributed by atoms with E-state index in [-0.39, 0.29) is 30.3 Å². The number of hydrogen-bond acceptors (Lipinski definition) is 4. The maximum Gasteiger partial charge on any atom is 0.253 e. The van der Waals surface area contributed by atoms with Gasteiger partial charge in [0.15, 0.2) is 0 Å². The highest BCUT2D eigenvalue weighted by Gasteiger charge is 2.40. The van der Waals surface area contributed by atoms with Crippen LogP contribution in [-0.4, -0.2) is 55.8 Å². The molecule has 1 atom stereocenters. The molecule has 3 amide bonds. The highest BCUT2D eigenvalue weighted by Crippen LogP contribution is 2.40. The summed E-state index contributed by atoms with van der Waals surface area (Å²) < 4.78 is 0. The molecular weight excluding hydrogens is 392 g/mol. The number of carbonyl (C=O) groups is 3. The molecule has 0 bridgehead atoms. The Balaban J connectivity index is 1.66. The third kappa shape index (κ3) is 4.13. The first-order valence-electron chi connectivity index (χ1n) is 10.7. The largest absolute Gasteiger partial charge is 0.358 e. The van der Waals surface area contributed by atoms with Gasteiger partial charge in [-0.05, 0) is 56.5 Å². The van der Waals surface area contributed by atoms with Crippen molar-refractivity contribution in [1.82, 2.24) is 4.90 Å². The van der Waals surface area contributed by atoms with E-state index in [0.717, 1.165) is 37.1 Å². The minimum atomic E-state index is -0.267. The lowest BCUT2D eigenvalue weighted by Gasteiger charge is -2.45. The molecule has 0 unspecified atom stereocenters. The van der Waals surface area contributed by atoms with Gasteiger partial charge in [0.2, 0.25) is 11.8 Å². The van der Waals surface area contributed by atoms with Crippen molar-refractivity contribution in [2.75, 3.05) is 42.3 Å². The summed E-state index contributed by atoms with van der Waals surface area (Å²) in [4.78, 5) is 43.9. The van der Waals surface area contributed by atoms with Crippen molar-refractivity contribution in [3.8, 4) is 0 Å². The van der Waals surface area contributed by atoms with Crippen LogP contribution in [0, 0.1) is 6.92 Å². The Labute approximate surface area is 182 Å². The average Bonchev–Trinajstić information content (AvgIpc) is 2.77. The summed E-state index contributed by atoms with van der Waals surface area (Å²) in [6, 6.07) is 12.7. The standard InChI is InChI=1S/C24H28N4O3/c1-16-7-10-18(11-8-16)25-22(29)15-28-21-14-17(23(30)26(2)3)9-12-19(21)27-13-5-4-6-20(27)24(28)31/h7-12,14,20H,4-6,13,15H2,1-3H3,(H,25,29)/t20-/m0/s1. The van der Waals surface area contributed by atoms with E-state index in [4.69, 9.17) is 0 Å². The lowest BCUT2D eigenvalue weighted by molar-refractivity contribution is -0.123. The summed E-state index contributed by atoms with van der Waals surface area (Å²) in [5, 5.41) is 2.87. The van der Waals surface area contributed by atoms with E-state index in [9.17, 15) is 14.4 Å². The average molecular weight is 421 g/mol. The zero-order chi connectivity index (χ0) is 22.1. The molecular formula is C24H28N4O3. The molecule has 0 spiro atoms. The maximum atomic E-state index is 13.4. The Morgan fingerprint density at radius 2 is 1.81 bits per heavy atom. The zero-order valence-electron chi connectivity index (χ0n) is 18.2. The first kappa shape index (κ1) is 20.9. The lowest BCUT2D eigenvalue weighted by atomic mass is 9.95. The Bertz CT molecular complexity index is 1020. The van der Waals surface area contributed by atoms with Crippen LogP contribution >= 0.6 is 0 Å². The van der Waals surface area contributed by atoms with Gasteiger partial charge in [-0.25, -0.2) is 0 Å². The minimum absolute atomic E-state index is 0.0827. The molecule has 162 valence electrons. The fraction of sp³-hybridized carbons (Fsp3) is 0.375. The molecule has 2 aliphatic rings. The summed E-state index contributed by atoms with van der Waals surface area (Å²) in [6.07, 6.45) is 2.78. The fourth-order valence-corrected chi connectivity index (χ4v) is 4.29. The number of rotatable bonds is 4. The van der Waals surface area contributed by atoms with Gasteiger partial charge in [-0.3, -0.25) is 19.3 Å². The van der Waals surface area contributed by atoms with Crippen LogP contribution in [-0.2, 0) is 9.59 Å². The predicted octanol–water partition coefficient (Wildman–Crippen LogP) is 3.04. The van der Waals surface area contributed by atoms with Gasteiger partial charge >= 0.3 is 0 Å². The molecule has 4 rings (SSSR count). The van der Waals surface area contributed by atoms with Crippen LogP contribution in [0.15, 0.2) is 42.5 Å². The van der Waals surface area contributed by atoms with E-state index in [0.29, 0.717) is 16.9 Å². The molecule has 2 aromatic rings. The summed E-state index contributed by atoms with van der Waals surface area (Å²) in [7, 11) is 3.39. The Hall–Kier alpha value is -3.35. The van der Waals surface area contributed by atoms with Gasteiger partial charge in [-0.15, -0.1) is 0 Å². The SMILES string of the molecule is Cc1ccc(NC(=O)CN2C(=O)[C@@H]3CCCCN3c3ccc(C(=O)N(C)C)cc32)cc1. The van der Waals surface area contributed by atoms with E-state index in [2.05, 4.69) is 10.2 Å². The normalized spacial score (nSPS) is 17.6. The third-order valence-electron chi connectivity index (χ3n) is 5.92. The quantitative estimate of drug-likeness (QED) is 0.825. The second-order valence-corrected chi connectivity index (χ2v) is 8.45. The lowest BCUT2D eigenvalue weighted by Crippen LogP contribution is -2.56. The number of fused-ring (bicyclic) bond motifs is 3. The van der Waals surface area contributed by atoms with Gasteiger partial charge in [0.1, 0.15) is 12.6 Å². The second-order valence-electron chi connectivity index (χ2n) is 8.45. The van der Waals surface area contributed by atoms with Gasteiger partial charge in [-0.2, -0.15) is 0 Å². The van der Waals surface area contributed by atoms with Crippen LogP contribution in [0.1, 0.15) is 35.2 Å². The molecule has 0 radical (unpaired) electrons. The predicted molar refractivity (Wildman–Crippen MR) is 122 cm³/mol. The molecule has 0 saturated carbocycles. The highest BCUT2D eigenvalue weighted by molar-refractivity contribution is 6.11. The summed E-state index contributed by atoms with van der Waals surface area (Å²) >= 11 is 0. The van der Waals surface area contributed by atoms with E-state index in [1.165, 1.54) is 9.80 Å². The molecule has 2 aliphatic heterocycles. The molecule has 2 heterocycles. The van der Waals surface area contributed by atoms with Crippen molar-refractivity contribution in [3.63, 3.8) is 0 Å². The van der Waals surface area contributed by atoms with Crippen molar-refractivity contribution in [2.24, 2.45) is 0 Å². The number of carbonyl (C=O) groups excluding carboxylic acids is 3.